The number of unbranched alkanes of at least 4 members (excludes halogenated alkanes) is 35. The van der Waals surface area contributed by atoms with Crippen LogP contribution in [0.2, 0.25) is 0 Å². The van der Waals surface area contributed by atoms with Crippen LogP contribution >= 0.6 is 7.82 Å². The maximum atomic E-state index is 12.8. The van der Waals surface area contributed by atoms with Gasteiger partial charge in [-0.05, 0) is 44.9 Å². The first kappa shape index (κ1) is 65.5. The van der Waals surface area contributed by atoms with Gasteiger partial charge >= 0.3 is 19.8 Å². The molecule has 67 heavy (non-hydrogen) atoms. The van der Waals surface area contributed by atoms with Crippen molar-refractivity contribution < 1.29 is 42.1 Å². The minimum absolute atomic E-state index is 0.0323. The van der Waals surface area contributed by atoms with Crippen molar-refractivity contribution >= 4 is 19.8 Å². The Bertz CT molecular complexity index is 1190. The lowest BCUT2D eigenvalue weighted by molar-refractivity contribution is -0.870. The van der Waals surface area contributed by atoms with Gasteiger partial charge in [0.1, 0.15) is 19.8 Å². The number of nitrogens with zero attached hydrogens (tertiary/aromatic N) is 1. The van der Waals surface area contributed by atoms with E-state index in [-0.39, 0.29) is 25.6 Å². The van der Waals surface area contributed by atoms with Gasteiger partial charge in [-0.1, -0.05) is 244 Å². The highest BCUT2D eigenvalue weighted by Gasteiger charge is 2.27. The normalized spacial score (nSPS) is 13.5. The number of carbonyl (C=O) groups is 2. The van der Waals surface area contributed by atoms with Crippen molar-refractivity contribution in [3.05, 3.63) is 24.3 Å². The second kappa shape index (κ2) is 49.5. The largest absolute Gasteiger partial charge is 0.472 e. The van der Waals surface area contributed by atoms with Crippen LogP contribution in [0.15, 0.2) is 24.3 Å². The second-order valence-corrected chi connectivity index (χ2v) is 22.1. The van der Waals surface area contributed by atoms with Crippen LogP contribution in [0.25, 0.3) is 0 Å². The number of phosphoric ester groups is 1. The molecule has 0 aliphatic rings. The fourth-order valence-corrected chi connectivity index (χ4v) is 9.02. The molecule has 0 aromatic carbocycles. The number of phosphoric acid groups is 1. The Morgan fingerprint density at radius 2 is 0.806 bits per heavy atom. The van der Waals surface area contributed by atoms with E-state index in [1.165, 1.54) is 193 Å². The average molecular weight is 969 g/mol. The molecule has 0 fully saturated rings. The van der Waals surface area contributed by atoms with E-state index in [0.29, 0.717) is 23.9 Å². The van der Waals surface area contributed by atoms with Gasteiger partial charge in [0.2, 0.25) is 0 Å². The minimum atomic E-state index is -4.38. The Morgan fingerprint density at radius 3 is 1.19 bits per heavy atom. The summed E-state index contributed by atoms with van der Waals surface area (Å²) in [4.78, 5) is 35.6. The Kier molecular flexibility index (Phi) is 48.4. The van der Waals surface area contributed by atoms with Crippen LogP contribution in [0.1, 0.15) is 277 Å². The molecule has 9 nitrogen and oxygen atoms in total. The van der Waals surface area contributed by atoms with Crippen LogP contribution < -0.4 is 0 Å². The zero-order chi connectivity index (χ0) is 49.2. The molecular weight excluding hydrogens is 858 g/mol. The molecule has 0 saturated heterocycles. The first-order valence-electron chi connectivity index (χ1n) is 28.6. The maximum absolute atomic E-state index is 12.8. The molecule has 0 saturated carbocycles. The smallest absolute Gasteiger partial charge is 0.462 e. The van der Waals surface area contributed by atoms with Crippen LogP contribution in [0.4, 0.5) is 0 Å². The van der Waals surface area contributed by atoms with E-state index in [4.69, 9.17) is 18.5 Å². The molecule has 0 spiro atoms. The van der Waals surface area contributed by atoms with E-state index < -0.39 is 26.5 Å². The van der Waals surface area contributed by atoms with Gasteiger partial charge in [-0.25, -0.2) is 4.57 Å². The van der Waals surface area contributed by atoms with Crippen LogP contribution in [-0.4, -0.2) is 74.9 Å². The third kappa shape index (κ3) is 53.7. The number of hydrogen-bond donors (Lipinski definition) is 1. The second-order valence-electron chi connectivity index (χ2n) is 20.7. The number of allylic oxidation sites excluding steroid dienone is 4. The lowest BCUT2D eigenvalue weighted by atomic mass is 10.0. The van der Waals surface area contributed by atoms with E-state index in [1.54, 1.807) is 0 Å². The van der Waals surface area contributed by atoms with Crippen molar-refractivity contribution in [2.24, 2.45) is 0 Å². The summed E-state index contributed by atoms with van der Waals surface area (Å²) in [6.45, 7) is 4.45. The lowest BCUT2D eigenvalue weighted by Crippen LogP contribution is -2.37. The highest BCUT2D eigenvalue weighted by molar-refractivity contribution is 7.47. The van der Waals surface area contributed by atoms with Crippen LogP contribution in [0.3, 0.4) is 0 Å². The predicted molar refractivity (Wildman–Crippen MR) is 284 cm³/mol. The number of hydrogen-bond acceptors (Lipinski definition) is 7. The molecule has 0 radical (unpaired) electrons. The minimum Gasteiger partial charge on any atom is -0.462 e. The van der Waals surface area contributed by atoms with Crippen molar-refractivity contribution in [3.8, 4) is 0 Å². The number of carbonyl (C=O) groups excluding carboxylic acids is 2. The Labute approximate surface area is 415 Å². The lowest BCUT2D eigenvalue weighted by Gasteiger charge is -2.24. The maximum Gasteiger partial charge on any atom is 0.472 e. The molecular formula is C57H111NO8P+. The summed E-state index contributed by atoms with van der Waals surface area (Å²) in [6, 6.07) is 0. The number of ether oxygens (including phenoxy) is 2. The molecule has 0 amide bonds. The van der Waals surface area contributed by atoms with Crippen molar-refractivity contribution in [2.45, 2.75) is 283 Å². The van der Waals surface area contributed by atoms with E-state index in [1.807, 2.05) is 21.1 Å². The molecule has 0 rings (SSSR count). The summed E-state index contributed by atoms with van der Waals surface area (Å²) in [5.41, 5.74) is 0. The van der Waals surface area contributed by atoms with E-state index in [9.17, 15) is 19.0 Å². The Hall–Kier alpha value is -1.51. The van der Waals surface area contributed by atoms with Gasteiger partial charge < -0.3 is 18.9 Å². The Morgan fingerprint density at radius 1 is 0.463 bits per heavy atom. The van der Waals surface area contributed by atoms with Gasteiger partial charge in [-0.15, -0.1) is 0 Å². The van der Waals surface area contributed by atoms with Crippen molar-refractivity contribution in [2.75, 3.05) is 47.5 Å². The monoisotopic (exact) mass is 969 g/mol. The summed E-state index contributed by atoms with van der Waals surface area (Å²) in [7, 11) is 1.48. The van der Waals surface area contributed by atoms with E-state index >= 15 is 0 Å². The molecule has 0 aromatic heterocycles. The molecule has 2 atom stereocenters. The predicted octanol–water partition coefficient (Wildman–Crippen LogP) is 17.4. The van der Waals surface area contributed by atoms with Crippen LogP contribution in [0.5, 0.6) is 0 Å². The molecule has 0 bridgehead atoms. The molecule has 2 unspecified atom stereocenters. The van der Waals surface area contributed by atoms with E-state index in [0.717, 1.165) is 51.4 Å². The third-order valence-electron chi connectivity index (χ3n) is 12.7. The molecule has 0 heterocycles. The number of quaternary nitrogens is 1. The number of rotatable bonds is 53. The number of likely N-dealkylation sites (N-methyl/N-ethyl adjacent to an activating group) is 1. The van der Waals surface area contributed by atoms with Crippen LogP contribution in [0, 0.1) is 0 Å². The van der Waals surface area contributed by atoms with Gasteiger partial charge in [0.05, 0.1) is 27.7 Å². The fraction of sp³-hybridized carbons (Fsp3) is 0.895. The number of esters is 2. The topological polar surface area (TPSA) is 108 Å². The SMILES string of the molecule is CCCCCC/C=C\C/C=C\CCCCCCCCCC(=O)OC(COC(=O)CCCCCCCCCCCCCCCCCCCCCCCCCCC)COP(=O)(O)OCC[N+](C)(C)C. The van der Waals surface area contributed by atoms with Crippen molar-refractivity contribution in [1.82, 2.24) is 0 Å². The first-order chi connectivity index (χ1) is 32.5. The standard InChI is InChI=1S/C57H110NO8P/c1-6-8-10-12-14-16-18-20-22-24-26-27-28-29-30-31-32-34-35-37-39-41-43-45-47-49-56(59)63-53-55(54-65-67(61,62)64-52-51-58(3,4)5)66-57(60)50-48-46-44-42-40-38-36-33-25-23-21-19-17-15-13-11-9-7-2/h17,19,23,25,55H,6-16,18,20-22,24,26-54H2,1-5H3/p+1/b19-17-,25-23-. The average Bonchev–Trinajstić information content (AvgIpc) is 3.29. The molecule has 0 aliphatic carbocycles. The quantitative estimate of drug-likeness (QED) is 0.0211. The summed E-state index contributed by atoms with van der Waals surface area (Å²) in [5.74, 6) is -0.792. The summed E-state index contributed by atoms with van der Waals surface area (Å²) in [6.07, 6.45) is 58.1. The molecule has 1 N–H and O–H groups in total. The fourth-order valence-electron chi connectivity index (χ4n) is 8.28. The highest BCUT2D eigenvalue weighted by atomic mass is 31.2. The van der Waals surface area contributed by atoms with Gasteiger partial charge in [-0.2, -0.15) is 0 Å². The van der Waals surface area contributed by atoms with Gasteiger partial charge in [0, 0.05) is 12.8 Å². The zero-order valence-corrected chi connectivity index (χ0v) is 45.8. The first-order valence-corrected chi connectivity index (χ1v) is 30.1. The van der Waals surface area contributed by atoms with E-state index in [2.05, 4.69) is 38.2 Å². The summed E-state index contributed by atoms with van der Waals surface area (Å²) < 4.78 is 34.5. The molecule has 0 aliphatic heterocycles. The highest BCUT2D eigenvalue weighted by Crippen LogP contribution is 2.43. The van der Waals surface area contributed by atoms with Crippen LogP contribution in [-0.2, 0) is 32.7 Å². The van der Waals surface area contributed by atoms with Gasteiger partial charge in [0.15, 0.2) is 6.10 Å². The van der Waals surface area contributed by atoms with Gasteiger partial charge in [0.25, 0.3) is 0 Å². The summed E-state index contributed by atoms with van der Waals surface area (Å²) >= 11 is 0. The molecule has 396 valence electrons. The van der Waals surface area contributed by atoms with Crippen molar-refractivity contribution in [1.29, 1.82) is 0 Å². The third-order valence-corrected chi connectivity index (χ3v) is 13.7. The molecule has 10 heteroatoms. The Balaban J connectivity index is 4.12. The van der Waals surface area contributed by atoms with Gasteiger partial charge in [-0.3, -0.25) is 18.6 Å². The van der Waals surface area contributed by atoms with Crippen molar-refractivity contribution in [3.63, 3.8) is 0 Å². The zero-order valence-electron chi connectivity index (χ0n) is 44.9. The summed E-state index contributed by atoms with van der Waals surface area (Å²) in [5, 5.41) is 0. The molecule has 0 aromatic rings.